The molecule has 2 fully saturated rings. The summed E-state index contributed by atoms with van der Waals surface area (Å²) < 4.78 is 46.4. The van der Waals surface area contributed by atoms with Crippen molar-refractivity contribution in [3.63, 3.8) is 0 Å². The summed E-state index contributed by atoms with van der Waals surface area (Å²) in [7, 11) is -4.12. The summed E-state index contributed by atoms with van der Waals surface area (Å²) in [6, 6.07) is 14.1. The molecule has 3 N–H and O–H groups in total. The van der Waals surface area contributed by atoms with Crippen molar-refractivity contribution in [3.05, 3.63) is 100 Å². The summed E-state index contributed by atoms with van der Waals surface area (Å²) >= 11 is 6.31. The minimum Gasteiger partial charge on any atom is -0.388 e. The average molecular weight is 727 g/mol. The molecule has 0 bridgehead atoms. The predicted octanol–water partition coefficient (Wildman–Crippen LogP) is 8.03. The number of halogens is 2. The highest BCUT2D eigenvalue weighted by molar-refractivity contribution is 7.92. The number of sulfonamides is 1. The Kier molecular flexibility index (Phi) is 8.84. The smallest absolute Gasteiger partial charge is 0.262 e. The number of aliphatic hydroxyl groups excluding tert-OH is 1. The highest BCUT2D eigenvalue weighted by atomic mass is 35.5. The van der Waals surface area contributed by atoms with E-state index in [4.69, 9.17) is 21.6 Å². The number of hydrogen-bond acceptors (Lipinski definition) is 8. The first kappa shape index (κ1) is 33.8. The molecule has 8 rings (SSSR count). The molecule has 9 nitrogen and oxygen atoms in total. The second-order valence-electron chi connectivity index (χ2n) is 14.1. The normalized spacial score (nSPS) is 20.4. The fourth-order valence-corrected chi connectivity index (χ4v) is 9.62. The molecule has 0 amide bonds. The first-order chi connectivity index (χ1) is 24.6. The van der Waals surface area contributed by atoms with Crippen molar-refractivity contribution in [2.24, 2.45) is 5.92 Å². The molecule has 2 aromatic heterocycles. The Morgan fingerprint density at radius 1 is 1.04 bits per heavy atom. The lowest BCUT2D eigenvalue weighted by atomic mass is 9.92. The lowest BCUT2D eigenvalue weighted by Crippen LogP contribution is -2.39. The van der Waals surface area contributed by atoms with Gasteiger partial charge in [-0.1, -0.05) is 25.4 Å². The lowest BCUT2D eigenvalue weighted by Gasteiger charge is -2.33. The molecule has 1 saturated heterocycles. The number of hydrogen-bond donors (Lipinski definition) is 3. The van der Waals surface area contributed by atoms with Gasteiger partial charge in [0.15, 0.2) is 0 Å². The van der Waals surface area contributed by atoms with E-state index in [1.807, 2.05) is 43.6 Å². The highest BCUT2D eigenvalue weighted by Gasteiger charge is 2.36. The molecule has 2 aliphatic carbocycles. The van der Waals surface area contributed by atoms with Crippen LogP contribution in [0, 0.1) is 11.7 Å². The van der Waals surface area contributed by atoms with Crippen LogP contribution >= 0.6 is 11.6 Å². The van der Waals surface area contributed by atoms with Crippen LogP contribution in [0.3, 0.4) is 0 Å². The van der Waals surface area contributed by atoms with Gasteiger partial charge in [0.25, 0.3) is 10.0 Å². The molecule has 3 aromatic carbocycles. The van der Waals surface area contributed by atoms with Crippen LogP contribution in [0.5, 0.6) is 0 Å². The van der Waals surface area contributed by atoms with E-state index < -0.39 is 21.9 Å². The maximum Gasteiger partial charge on any atom is 0.262 e. The first-order valence-corrected chi connectivity index (χ1v) is 19.5. The minimum atomic E-state index is -4.12. The SMILES string of the molecule is CCc1c(NS(=O)(=O)c2cc(Cl)cc3c2CC[C@H]3O)ccc(F)c1-c1cc(C2CC2C)c2nc(NC3CCN(c4ccncc4)CC3)ncc2c1. The zero-order valence-corrected chi connectivity index (χ0v) is 30.1. The van der Waals surface area contributed by atoms with E-state index in [2.05, 4.69) is 26.8 Å². The van der Waals surface area contributed by atoms with Gasteiger partial charge in [0.2, 0.25) is 5.95 Å². The van der Waals surface area contributed by atoms with Gasteiger partial charge in [-0.3, -0.25) is 9.71 Å². The van der Waals surface area contributed by atoms with E-state index in [0.717, 1.165) is 48.8 Å². The van der Waals surface area contributed by atoms with Crippen LogP contribution < -0.4 is 14.9 Å². The number of nitrogens with one attached hydrogen (secondary N) is 2. The van der Waals surface area contributed by atoms with Crippen molar-refractivity contribution in [3.8, 4) is 11.1 Å². The molecule has 2 unspecified atom stereocenters. The van der Waals surface area contributed by atoms with Crippen LogP contribution in [0.15, 0.2) is 72.0 Å². The van der Waals surface area contributed by atoms with E-state index in [1.165, 1.54) is 23.9 Å². The van der Waals surface area contributed by atoms with Gasteiger partial charge in [0.1, 0.15) is 5.82 Å². The minimum absolute atomic E-state index is 0.0334. The Morgan fingerprint density at radius 3 is 2.53 bits per heavy atom. The van der Waals surface area contributed by atoms with Crippen molar-refractivity contribution in [2.75, 3.05) is 28.0 Å². The third kappa shape index (κ3) is 6.51. The van der Waals surface area contributed by atoms with Crippen molar-refractivity contribution in [2.45, 2.75) is 75.3 Å². The van der Waals surface area contributed by atoms with Crippen LogP contribution in [-0.2, 0) is 22.9 Å². The van der Waals surface area contributed by atoms with Crippen LogP contribution in [0.4, 0.5) is 21.7 Å². The van der Waals surface area contributed by atoms with Crippen molar-refractivity contribution in [1.82, 2.24) is 15.0 Å². The van der Waals surface area contributed by atoms with Crippen molar-refractivity contribution >= 4 is 49.9 Å². The molecule has 1 aliphatic heterocycles. The van der Waals surface area contributed by atoms with Gasteiger partial charge in [0, 0.05) is 59.4 Å². The number of anilines is 3. The second-order valence-corrected chi connectivity index (χ2v) is 16.1. The lowest BCUT2D eigenvalue weighted by molar-refractivity contribution is 0.180. The van der Waals surface area contributed by atoms with Gasteiger partial charge in [-0.25, -0.2) is 22.8 Å². The number of benzene rings is 3. The number of rotatable bonds is 9. The summed E-state index contributed by atoms with van der Waals surface area (Å²) in [5, 5.41) is 15.0. The quantitative estimate of drug-likeness (QED) is 0.140. The molecule has 0 spiro atoms. The average Bonchev–Trinajstić information content (AvgIpc) is 3.75. The van der Waals surface area contributed by atoms with Gasteiger partial charge >= 0.3 is 0 Å². The Balaban J connectivity index is 1.11. The molecule has 1 saturated carbocycles. The zero-order valence-electron chi connectivity index (χ0n) is 28.5. The van der Waals surface area contributed by atoms with E-state index in [-0.39, 0.29) is 21.9 Å². The number of aliphatic hydroxyl groups is 1. The molecule has 3 heterocycles. The summed E-state index contributed by atoms with van der Waals surface area (Å²) in [5.41, 5.74) is 6.03. The fourth-order valence-electron chi connectivity index (χ4n) is 7.91. The van der Waals surface area contributed by atoms with E-state index >= 15 is 4.39 Å². The molecule has 3 atom stereocenters. The summed E-state index contributed by atoms with van der Waals surface area (Å²) in [4.78, 5) is 16.3. The number of fused-ring (bicyclic) bond motifs is 2. The Bertz CT molecular complexity index is 2250. The van der Waals surface area contributed by atoms with E-state index in [9.17, 15) is 13.5 Å². The summed E-state index contributed by atoms with van der Waals surface area (Å²) in [6.45, 7) is 5.94. The second kappa shape index (κ2) is 13.3. The van der Waals surface area contributed by atoms with Crippen LogP contribution in [0.1, 0.15) is 73.8 Å². The Hall–Kier alpha value is -4.32. The van der Waals surface area contributed by atoms with Crippen molar-refractivity contribution in [1.29, 1.82) is 0 Å². The molecular formula is C39H40ClFN6O3S. The number of aromatic nitrogens is 3. The molecule has 264 valence electrons. The van der Waals surface area contributed by atoms with Crippen molar-refractivity contribution < 1.29 is 17.9 Å². The number of pyridine rings is 1. The molecule has 51 heavy (non-hydrogen) atoms. The van der Waals surface area contributed by atoms with Gasteiger partial charge < -0.3 is 15.3 Å². The first-order valence-electron chi connectivity index (χ1n) is 17.7. The zero-order chi connectivity index (χ0) is 35.4. The van der Waals surface area contributed by atoms with Crippen LogP contribution in [-0.4, -0.2) is 47.6 Å². The molecule has 3 aliphatic rings. The molecule has 0 radical (unpaired) electrons. The number of piperidine rings is 1. The molecular weight excluding hydrogens is 687 g/mol. The van der Waals surface area contributed by atoms with E-state index in [1.54, 1.807) is 12.3 Å². The fraction of sp³-hybridized carbons (Fsp3) is 0.359. The molecule has 5 aromatic rings. The molecule has 12 heteroatoms. The monoisotopic (exact) mass is 726 g/mol. The third-order valence-corrected chi connectivity index (χ3v) is 12.4. The Morgan fingerprint density at radius 2 is 1.80 bits per heavy atom. The summed E-state index contributed by atoms with van der Waals surface area (Å²) in [6.07, 6.45) is 8.84. The topological polar surface area (TPSA) is 120 Å². The van der Waals surface area contributed by atoms with Gasteiger partial charge in [0.05, 0.1) is 22.2 Å². The van der Waals surface area contributed by atoms with E-state index in [0.29, 0.717) is 64.6 Å². The highest BCUT2D eigenvalue weighted by Crippen LogP contribution is 2.50. The third-order valence-electron chi connectivity index (χ3n) is 10.8. The Labute approximate surface area is 302 Å². The number of nitrogens with zero attached hydrogens (tertiary/aromatic N) is 4. The standard InChI is InChI=1S/C39H40ClFN6O3S/c1-3-28-34(46-51(49,50)36-20-25(40)19-31-29(36)4-7-35(31)48)6-5-33(41)37(28)23-17-24-21-43-39(45-38(24)32(18-23)30-16-22(30)2)44-26-10-14-47(15-11-26)27-8-12-42-13-9-27/h5-6,8-9,12-13,17-22,26,30,35,46,48H,3-4,7,10-11,14-16H2,1-2H3,(H,43,44,45)/t22?,30?,35-/m1/s1. The van der Waals surface area contributed by atoms with Gasteiger partial charge in [-0.15, -0.1) is 0 Å². The van der Waals surface area contributed by atoms with Crippen LogP contribution in [0.25, 0.3) is 22.0 Å². The van der Waals surface area contributed by atoms with Gasteiger partial charge in [-0.2, -0.15) is 0 Å². The summed E-state index contributed by atoms with van der Waals surface area (Å²) in [5.74, 6) is 0.907. The maximum atomic E-state index is 16.0. The largest absolute Gasteiger partial charge is 0.388 e. The van der Waals surface area contributed by atoms with Crippen LogP contribution in [0.2, 0.25) is 5.02 Å². The predicted molar refractivity (Wildman–Crippen MR) is 199 cm³/mol. The van der Waals surface area contributed by atoms with Gasteiger partial charge in [-0.05, 0) is 127 Å². The maximum absolute atomic E-state index is 16.0.